The van der Waals surface area contributed by atoms with Crippen LogP contribution in [0.25, 0.3) is 0 Å². The summed E-state index contributed by atoms with van der Waals surface area (Å²) in [5.74, 6) is 0.390. The van der Waals surface area contributed by atoms with E-state index in [4.69, 9.17) is 5.11 Å². The molecule has 0 aromatic heterocycles. The normalized spacial score (nSPS) is 9.93. The van der Waals surface area contributed by atoms with Crippen LogP contribution >= 0.6 is 11.8 Å². The fourth-order valence-electron chi connectivity index (χ4n) is 1.03. The SMILES string of the molecule is O=Cc1ccc(SCCO)c([N+](=O)[O-])c1. The Morgan fingerprint density at radius 1 is 1.53 bits per heavy atom. The van der Waals surface area contributed by atoms with Gasteiger partial charge in [-0.2, -0.15) is 0 Å². The number of rotatable bonds is 5. The van der Waals surface area contributed by atoms with Crippen LogP contribution in [-0.2, 0) is 0 Å². The van der Waals surface area contributed by atoms with Crippen molar-refractivity contribution < 1.29 is 14.8 Å². The maximum Gasteiger partial charge on any atom is 0.283 e. The summed E-state index contributed by atoms with van der Waals surface area (Å²) in [6.07, 6.45) is 0.563. The summed E-state index contributed by atoms with van der Waals surface area (Å²) < 4.78 is 0. The number of aldehydes is 1. The summed E-state index contributed by atoms with van der Waals surface area (Å²) in [5, 5.41) is 19.3. The van der Waals surface area contributed by atoms with Crippen molar-refractivity contribution in [1.82, 2.24) is 0 Å². The minimum Gasteiger partial charge on any atom is -0.396 e. The van der Waals surface area contributed by atoms with Gasteiger partial charge in [0.2, 0.25) is 0 Å². The quantitative estimate of drug-likeness (QED) is 0.357. The number of hydrogen-bond acceptors (Lipinski definition) is 5. The van der Waals surface area contributed by atoms with Crippen molar-refractivity contribution in [3.63, 3.8) is 0 Å². The van der Waals surface area contributed by atoms with Crippen LogP contribution in [0.5, 0.6) is 0 Å². The Morgan fingerprint density at radius 3 is 2.80 bits per heavy atom. The Morgan fingerprint density at radius 2 is 2.27 bits per heavy atom. The molecular formula is C9H9NO4S. The Bertz CT molecular complexity index is 380. The summed E-state index contributed by atoms with van der Waals surface area (Å²) in [6, 6.07) is 4.26. The zero-order valence-electron chi connectivity index (χ0n) is 7.75. The average molecular weight is 227 g/mol. The van der Waals surface area contributed by atoms with E-state index in [0.717, 1.165) is 0 Å². The van der Waals surface area contributed by atoms with E-state index in [9.17, 15) is 14.9 Å². The first-order valence-electron chi connectivity index (χ1n) is 4.16. The van der Waals surface area contributed by atoms with Crippen molar-refractivity contribution in [2.45, 2.75) is 4.90 Å². The number of aliphatic hydroxyl groups is 1. The molecule has 6 heteroatoms. The first-order chi connectivity index (χ1) is 7.19. The van der Waals surface area contributed by atoms with E-state index in [-0.39, 0.29) is 17.9 Å². The number of aliphatic hydroxyl groups excluding tert-OH is 1. The fourth-order valence-corrected chi connectivity index (χ4v) is 1.78. The fraction of sp³-hybridized carbons (Fsp3) is 0.222. The first-order valence-corrected chi connectivity index (χ1v) is 5.15. The largest absolute Gasteiger partial charge is 0.396 e. The van der Waals surface area contributed by atoms with Crippen LogP contribution in [0.1, 0.15) is 10.4 Å². The molecule has 0 heterocycles. The maximum atomic E-state index is 10.7. The highest BCUT2D eigenvalue weighted by Gasteiger charge is 2.14. The monoisotopic (exact) mass is 227 g/mol. The Labute approximate surface area is 90.3 Å². The van der Waals surface area contributed by atoms with Gasteiger partial charge in [0.15, 0.2) is 0 Å². The molecule has 15 heavy (non-hydrogen) atoms. The molecule has 0 fully saturated rings. The highest BCUT2D eigenvalue weighted by molar-refractivity contribution is 7.99. The number of benzene rings is 1. The zero-order valence-corrected chi connectivity index (χ0v) is 8.57. The van der Waals surface area contributed by atoms with Gasteiger partial charge in [-0.3, -0.25) is 14.9 Å². The lowest BCUT2D eigenvalue weighted by Gasteiger charge is -2.01. The number of thioether (sulfide) groups is 1. The number of carbonyl (C=O) groups excluding carboxylic acids is 1. The van der Waals surface area contributed by atoms with Crippen LogP contribution < -0.4 is 0 Å². The highest BCUT2D eigenvalue weighted by atomic mass is 32.2. The molecule has 5 nitrogen and oxygen atoms in total. The minimum atomic E-state index is -0.535. The zero-order chi connectivity index (χ0) is 11.3. The molecule has 0 aliphatic heterocycles. The van der Waals surface area contributed by atoms with E-state index < -0.39 is 4.92 Å². The number of hydrogen-bond donors (Lipinski definition) is 1. The number of carbonyl (C=O) groups is 1. The average Bonchev–Trinajstić information content (AvgIpc) is 2.26. The molecule has 1 rings (SSSR count). The Hall–Kier alpha value is -1.40. The maximum absolute atomic E-state index is 10.7. The van der Waals surface area contributed by atoms with E-state index in [2.05, 4.69) is 0 Å². The predicted octanol–water partition coefficient (Wildman–Crippen LogP) is 1.49. The predicted molar refractivity (Wildman–Crippen MR) is 56.3 cm³/mol. The van der Waals surface area contributed by atoms with Gasteiger partial charge in [0.25, 0.3) is 5.69 Å². The molecule has 0 radical (unpaired) electrons. The van der Waals surface area contributed by atoms with Gasteiger partial charge in [-0.05, 0) is 6.07 Å². The topological polar surface area (TPSA) is 80.4 Å². The van der Waals surface area contributed by atoms with Crippen LogP contribution in [0.15, 0.2) is 23.1 Å². The van der Waals surface area contributed by atoms with Crippen LogP contribution in [0, 0.1) is 10.1 Å². The van der Waals surface area contributed by atoms with Crippen molar-refractivity contribution in [1.29, 1.82) is 0 Å². The summed E-state index contributed by atoms with van der Waals surface area (Å²) in [5.41, 5.74) is 0.174. The van der Waals surface area contributed by atoms with E-state index in [1.165, 1.54) is 30.0 Å². The molecule has 0 bridgehead atoms. The van der Waals surface area contributed by atoms with Gasteiger partial charge in [-0.15, -0.1) is 11.8 Å². The van der Waals surface area contributed by atoms with E-state index in [0.29, 0.717) is 16.9 Å². The Balaban J connectivity index is 3.03. The molecule has 0 atom stereocenters. The number of nitro groups is 1. The lowest BCUT2D eigenvalue weighted by atomic mass is 10.2. The third-order valence-corrected chi connectivity index (χ3v) is 2.71. The van der Waals surface area contributed by atoms with Crippen molar-refractivity contribution in [3.05, 3.63) is 33.9 Å². The number of nitrogens with zero attached hydrogens (tertiary/aromatic N) is 1. The molecule has 0 spiro atoms. The lowest BCUT2D eigenvalue weighted by Crippen LogP contribution is -1.94. The molecule has 1 aromatic rings. The van der Waals surface area contributed by atoms with Gasteiger partial charge in [-0.1, -0.05) is 6.07 Å². The van der Waals surface area contributed by atoms with Gasteiger partial charge in [0, 0.05) is 17.4 Å². The smallest absolute Gasteiger partial charge is 0.283 e. The van der Waals surface area contributed by atoms with Gasteiger partial charge in [0.05, 0.1) is 16.4 Å². The lowest BCUT2D eigenvalue weighted by molar-refractivity contribution is -0.387. The van der Waals surface area contributed by atoms with Crippen LogP contribution in [0.2, 0.25) is 0 Å². The van der Waals surface area contributed by atoms with Crippen LogP contribution in [0.4, 0.5) is 5.69 Å². The molecule has 1 N–H and O–H groups in total. The van der Waals surface area contributed by atoms with E-state index >= 15 is 0 Å². The van der Waals surface area contributed by atoms with E-state index in [1.807, 2.05) is 0 Å². The second kappa shape index (κ2) is 5.47. The third kappa shape index (κ3) is 3.03. The van der Waals surface area contributed by atoms with Crippen molar-refractivity contribution >= 4 is 23.7 Å². The van der Waals surface area contributed by atoms with E-state index in [1.54, 1.807) is 0 Å². The van der Waals surface area contributed by atoms with Crippen molar-refractivity contribution in [2.24, 2.45) is 0 Å². The highest BCUT2D eigenvalue weighted by Crippen LogP contribution is 2.29. The summed E-state index contributed by atoms with van der Waals surface area (Å²) in [4.78, 5) is 21.0. The molecule has 1 aromatic carbocycles. The van der Waals surface area contributed by atoms with Crippen molar-refractivity contribution in [3.8, 4) is 0 Å². The molecule has 0 amide bonds. The van der Waals surface area contributed by atoms with Gasteiger partial charge >= 0.3 is 0 Å². The van der Waals surface area contributed by atoms with Gasteiger partial charge in [-0.25, -0.2) is 0 Å². The van der Waals surface area contributed by atoms with Crippen molar-refractivity contribution in [2.75, 3.05) is 12.4 Å². The van der Waals surface area contributed by atoms with Gasteiger partial charge < -0.3 is 5.11 Å². The summed E-state index contributed by atoms with van der Waals surface area (Å²) in [7, 11) is 0. The third-order valence-electron chi connectivity index (χ3n) is 1.66. The molecule has 0 unspecified atom stereocenters. The molecule has 0 aliphatic carbocycles. The minimum absolute atomic E-state index is 0.0444. The molecule has 0 saturated carbocycles. The molecule has 0 aliphatic rings. The Kier molecular flexibility index (Phi) is 4.26. The molecule has 80 valence electrons. The summed E-state index contributed by atoms with van der Waals surface area (Å²) in [6.45, 7) is -0.0444. The van der Waals surface area contributed by atoms with Crippen LogP contribution in [-0.4, -0.2) is 28.7 Å². The molecule has 0 saturated heterocycles. The second-order valence-corrected chi connectivity index (χ2v) is 3.81. The number of nitro benzene ring substituents is 1. The van der Waals surface area contributed by atoms with Crippen LogP contribution in [0.3, 0.4) is 0 Å². The summed E-state index contributed by atoms with van der Waals surface area (Å²) >= 11 is 1.19. The molecular weight excluding hydrogens is 218 g/mol. The standard InChI is InChI=1S/C9H9NO4S/c11-3-4-15-9-2-1-7(6-12)5-8(9)10(13)14/h1-2,5-6,11H,3-4H2. The second-order valence-electron chi connectivity index (χ2n) is 2.67. The first kappa shape index (κ1) is 11.7. The van der Waals surface area contributed by atoms with Gasteiger partial charge in [0.1, 0.15) is 6.29 Å².